The third kappa shape index (κ3) is 2.70. The van der Waals surface area contributed by atoms with Crippen LogP contribution in [0.25, 0.3) is 0 Å². The summed E-state index contributed by atoms with van der Waals surface area (Å²) in [4.78, 5) is 7.40. The van der Waals surface area contributed by atoms with Gasteiger partial charge in [-0.05, 0) is 15.9 Å². The van der Waals surface area contributed by atoms with E-state index in [0.717, 1.165) is 0 Å². The minimum Gasteiger partial charge on any atom is -0.383 e. The summed E-state index contributed by atoms with van der Waals surface area (Å²) >= 11 is 2.91. The van der Waals surface area contributed by atoms with E-state index in [1.165, 1.54) is 12.5 Å². The third-order valence-corrected chi connectivity index (χ3v) is 2.53. The molecule has 0 radical (unpaired) electrons. The fourth-order valence-corrected chi connectivity index (χ4v) is 1.38. The van der Waals surface area contributed by atoms with Crippen molar-refractivity contribution >= 4 is 43.3 Å². The summed E-state index contributed by atoms with van der Waals surface area (Å²) in [5.41, 5.74) is 5.80. The van der Waals surface area contributed by atoms with E-state index in [4.69, 9.17) is 11.1 Å². The van der Waals surface area contributed by atoms with E-state index >= 15 is 0 Å². The average Bonchev–Trinajstić information content (AvgIpc) is 2.15. The number of nitrogens with one attached hydrogen (secondary N) is 1. The minimum absolute atomic E-state index is 0.0198. The molecule has 0 spiro atoms. The average molecular weight is 294 g/mol. The van der Waals surface area contributed by atoms with Crippen LogP contribution in [-0.2, 0) is 11.0 Å². The molecule has 0 saturated heterocycles. The minimum atomic E-state index is -1.64. The number of hydrogen-bond donors (Lipinski definition) is 3. The van der Waals surface area contributed by atoms with Crippen molar-refractivity contribution in [2.45, 2.75) is 0 Å². The summed E-state index contributed by atoms with van der Waals surface area (Å²) in [6.45, 7) is 0. The van der Waals surface area contributed by atoms with E-state index in [2.05, 4.69) is 25.9 Å². The van der Waals surface area contributed by atoms with Gasteiger partial charge in [0.15, 0.2) is 0 Å². The number of nitrogen functional groups attached to an aromatic ring is 1. The van der Waals surface area contributed by atoms with Crippen LogP contribution in [0.3, 0.4) is 0 Å². The molecule has 0 aliphatic heterocycles. The predicted octanol–water partition coefficient (Wildman–Crippen LogP) is 0.268. The van der Waals surface area contributed by atoms with Gasteiger partial charge in [-0.1, -0.05) is 0 Å². The van der Waals surface area contributed by atoms with E-state index in [0.29, 0.717) is 10.0 Å². The summed E-state index contributed by atoms with van der Waals surface area (Å²) in [6, 6.07) is 0. The number of nitrogens with zero attached hydrogens (tertiary/aromatic N) is 3. The Morgan fingerprint density at radius 3 is 2.80 bits per heavy atom. The number of nitrogens with two attached hydrogens (primary N) is 1. The first-order chi connectivity index (χ1) is 6.93. The van der Waals surface area contributed by atoms with Gasteiger partial charge in [0.25, 0.3) is 5.95 Å². The molecule has 0 fully saturated rings. The van der Waals surface area contributed by atoms with Crippen molar-refractivity contribution in [1.82, 2.24) is 9.97 Å². The fraction of sp³-hybridized carbons (Fsp3) is 0.167. The van der Waals surface area contributed by atoms with Crippen LogP contribution in [-0.4, -0.2) is 30.3 Å². The molecule has 4 N–H and O–H groups in total. The summed E-state index contributed by atoms with van der Waals surface area (Å²) in [6.07, 6.45) is 2.52. The number of anilines is 2. The maximum absolute atomic E-state index is 10.9. The summed E-state index contributed by atoms with van der Waals surface area (Å²) < 4.78 is 11.3. The van der Waals surface area contributed by atoms with Crippen molar-refractivity contribution in [2.24, 2.45) is 0 Å². The molecular formula is C6H8BrN5O2S. The smallest absolute Gasteiger partial charge is 0.264 e. The molecule has 7 nitrogen and oxygen atoms in total. The normalized spacial score (nSPS) is 12.2. The molecule has 82 valence electrons. The molecule has 1 rings (SSSR count). The van der Waals surface area contributed by atoms with E-state index < -0.39 is 11.0 Å². The molecule has 0 bridgehead atoms. The van der Waals surface area contributed by atoms with Crippen LogP contribution in [0.4, 0.5) is 11.8 Å². The summed E-state index contributed by atoms with van der Waals surface area (Å²) in [5.74, 6) is -0.155. The Hall–Kier alpha value is -1.06. The number of hydrogen-bond acceptors (Lipinski definition) is 6. The van der Waals surface area contributed by atoms with Crippen molar-refractivity contribution in [1.29, 1.82) is 5.41 Å². The second kappa shape index (κ2) is 4.64. The van der Waals surface area contributed by atoms with Crippen LogP contribution in [0.5, 0.6) is 0 Å². The van der Waals surface area contributed by atoms with E-state index in [9.17, 15) is 9.42 Å². The Labute approximate surface area is 96.5 Å². The highest BCUT2D eigenvalue weighted by Gasteiger charge is 2.13. The van der Waals surface area contributed by atoms with Gasteiger partial charge in [0.2, 0.25) is 0 Å². The lowest BCUT2D eigenvalue weighted by Crippen LogP contribution is -2.22. The van der Waals surface area contributed by atoms with Gasteiger partial charge < -0.3 is 5.73 Å². The third-order valence-electron chi connectivity index (χ3n) is 1.46. The molecule has 1 atom stereocenters. The maximum Gasteiger partial charge on any atom is 0.264 e. The van der Waals surface area contributed by atoms with Gasteiger partial charge in [0.1, 0.15) is 21.4 Å². The van der Waals surface area contributed by atoms with Gasteiger partial charge in [-0.15, -0.1) is 4.47 Å². The number of rotatable bonds is 3. The largest absolute Gasteiger partial charge is 0.383 e. The van der Waals surface area contributed by atoms with Crippen LogP contribution >= 0.6 is 15.9 Å². The van der Waals surface area contributed by atoms with Crippen LogP contribution in [0.2, 0.25) is 0 Å². The second-order valence-corrected chi connectivity index (χ2v) is 4.47. The summed E-state index contributed by atoms with van der Waals surface area (Å²) in [5, 5.41) is 16.5. The Morgan fingerprint density at radius 2 is 2.40 bits per heavy atom. The van der Waals surface area contributed by atoms with Gasteiger partial charge in [-0.2, -0.15) is 4.98 Å². The molecule has 0 aliphatic carbocycles. The molecule has 0 saturated carbocycles. The van der Waals surface area contributed by atoms with E-state index in [1.807, 2.05) is 0 Å². The van der Waals surface area contributed by atoms with Crippen LogP contribution in [0.15, 0.2) is 6.20 Å². The first kappa shape index (κ1) is 12.0. The predicted molar refractivity (Wildman–Crippen MR) is 60.5 cm³/mol. The zero-order valence-electron chi connectivity index (χ0n) is 7.64. The molecule has 0 amide bonds. The quantitative estimate of drug-likeness (QED) is 0.546. The topological polar surface area (TPSA) is 116 Å². The van der Waals surface area contributed by atoms with Crippen molar-refractivity contribution in [3.8, 4) is 0 Å². The molecule has 0 aliphatic rings. The number of halogens is 1. The van der Waals surface area contributed by atoms with Crippen LogP contribution < -0.4 is 10.2 Å². The highest BCUT2D eigenvalue weighted by Crippen LogP contribution is 2.15. The standard InChI is InChI=1S/C6H8BrN5O2S/c1-15(14)12(13)6-10-2-3(4(7)8)5(9)11-6/h2,8,13H,1H3,(H2,9,10,11). The van der Waals surface area contributed by atoms with Crippen LogP contribution in [0, 0.1) is 5.41 Å². The van der Waals surface area contributed by atoms with Gasteiger partial charge >= 0.3 is 0 Å². The molecule has 0 aromatic carbocycles. The molecule has 1 heterocycles. The molecule has 1 unspecified atom stereocenters. The zero-order valence-corrected chi connectivity index (χ0v) is 10.0. The van der Waals surface area contributed by atoms with Crippen LogP contribution in [0.1, 0.15) is 5.56 Å². The first-order valence-corrected chi connectivity index (χ1v) is 5.93. The lowest BCUT2D eigenvalue weighted by atomic mass is 10.3. The Kier molecular flexibility index (Phi) is 3.72. The highest BCUT2D eigenvalue weighted by atomic mass is 79.9. The molecule has 1 aromatic heterocycles. The Balaban J connectivity index is 3.12. The van der Waals surface area contributed by atoms with Gasteiger partial charge in [-0.3, -0.25) is 10.6 Å². The Morgan fingerprint density at radius 1 is 1.80 bits per heavy atom. The second-order valence-electron chi connectivity index (χ2n) is 2.48. The fourth-order valence-electron chi connectivity index (χ4n) is 0.762. The van der Waals surface area contributed by atoms with Gasteiger partial charge in [-0.25, -0.2) is 9.19 Å². The SMILES string of the molecule is CS(=O)N(O)c1ncc(C(=N)Br)c(N)n1. The zero-order chi connectivity index (χ0) is 11.6. The summed E-state index contributed by atoms with van der Waals surface area (Å²) in [7, 11) is -1.64. The molecule has 1 aromatic rings. The van der Waals surface area contributed by atoms with Crippen molar-refractivity contribution in [2.75, 3.05) is 16.5 Å². The van der Waals surface area contributed by atoms with Gasteiger partial charge in [0, 0.05) is 12.5 Å². The van der Waals surface area contributed by atoms with E-state index in [-0.39, 0.29) is 16.4 Å². The van der Waals surface area contributed by atoms with Crippen molar-refractivity contribution < 1.29 is 9.42 Å². The molecular weight excluding hydrogens is 286 g/mol. The molecule has 9 heteroatoms. The number of aromatic nitrogens is 2. The highest BCUT2D eigenvalue weighted by molar-refractivity contribution is 9.18. The van der Waals surface area contributed by atoms with Crippen molar-refractivity contribution in [3.05, 3.63) is 11.8 Å². The lowest BCUT2D eigenvalue weighted by Gasteiger charge is -2.11. The van der Waals surface area contributed by atoms with E-state index in [1.54, 1.807) is 0 Å². The monoisotopic (exact) mass is 293 g/mol. The Bertz CT molecular complexity index is 426. The first-order valence-electron chi connectivity index (χ1n) is 3.63. The van der Waals surface area contributed by atoms with Gasteiger partial charge in [0.05, 0.1) is 5.56 Å². The molecule has 15 heavy (non-hydrogen) atoms. The lowest BCUT2D eigenvalue weighted by molar-refractivity contribution is 0.319. The van der Waals surface area contributed by atoms with Crippen molar-refractivity contribution in [3.63, 3.8) is 0 Å². The maximum atomic E-state index is 10.9.